The third-order valence-corrected chi connectivity index (χ3v) is 3.76. The molecule has 138 valence electrons. The zero-order valence-corrected chi connectivity index (χ0v) is 15.0. The van der Waals surface area contributed by atoms with Gasteiger partial charge in [-0.15, -0.1) is 0 Å². The molecular formula is C20H19N3O4. The number of amides is 1. The predicted molar refractivity (Wildman–Crippen MR) is 100 cm³/mol. The Bertz CT molecular complexity index is 935. The number of rotatable bonds is 7. The Morgan fingerprint density at radius 1 is 1.11 bits per heavy atom. The number of benzene rings is 2. The minimum atomic E-state index is -0.292. The molecule has 27 heavy (non-hydrogen) atoms. The van der Waals surface area contributed by atoms with Gasteiger partial charge in [-0.05, 0) is 12.1 Å². The lowest BCUT2D eigenvalue weighted by Gasteiger charge is -2.09. The SMILES string of the molecule is COc1cccc(/C=C\C(=O)NCc2nc(-c3ccccc3)no2)c1OC. The lowest BCUT2D eigenvalue weighted by atomic mass is 10.1. The topological polar surface area (TPSA) is 86.5 Å². The maximum Gasteiger partial charge on any atom is 0.246 e. The third kappa shape index (κ3) is 4.52. The molecule has 3 aromatic rings. The van der Waals surface area contributed by atoms with Gasteiger partial charge in [0.15, 0.2) is 11.5 Å². The Balaban J connectivity index is 1.61. The van der Waals surface area contributed by atoms with Crippen molar-refractivity contribution in [2.75, 3.05) is 14.2 Å². The van der Waals surface area contributed by atoms with Gasteiger partial charge in [-0.2, -0.15) is 4.98 Å². The van der Waals surface area contributed by atoms with Gasteiger partial charge < -0.3 is 19.3 Å². The molecule has 0 spiro atoms. The number of ether oxygens (including phenoxy) is 2. The minimum absolute atomic E-state index is 0.137. The number of aromatic nitrogens is 2. The second-order valence-corrected chi connectivity index (χ2v) is 5.51. The highest BCUT2D eigenvalue weighted by Gasteiger charge is 2.10. The fourth-order valence-electron chi connectivity index (χ4n) is 2.46. The highest BCUT2D eigenvalue weighted by Crippen LogP contribution is 2.31. The molecule has 0 saturated heterocycles. The maximum atomic E-state index is 12.1. The molecule has 0 aliphatic carbocycles. The van der Waals surface area contributed by atoms with Crippen molar-refractivity contribution in [3.8, 4) is 22.9 Å². The second kappa shape index (κ2) is 8.66. The lowest BCUT2D eigenvalue weighted by molar-refractivity contribution is -0.116. The van der Waals surface area contributed by atoms with E-state index in [4.69, 9.17) is 14.0 Å². The molecule has 0 unspecified atom stereocenters. The standard InChI is InChI=1S/C20H19N3O4/c1-25-16-10-6-9-14(19(16)26-2)11-12-17(24)21-13-18-22-20(23-27-18)15-7-4-3-5-8-15/h3-12H,13H2,1-2H3,(H,21,24)/b12-11-. The number of carbonyl (C=O) groups excluding carboxylic acids is 1. The summed E-state index contributed by atoms with van der Waals surface area (Å²) < 4.78 is 15.7. The van der Waals surface area contributed by atoms with Crippen LogP contribution in [0, 0.1) is 0 Å². The van der Waals surface area contributed by atoms with Crippen LogP contribution in [0.5, 0.6) is 11.5 Å². The van der Waals surface area contributed by atoms with E-state index in [-0.39, 0.29) is 12.5 Å². The molecule has 1 amide bonds. The van der Waals surface area contributed by atoms with Crippen molar-refractivity contribution in [3.05, 3.63) is 66.1 Å². The van der Waals surface area contributed by atoms with Crippen LogP contribution in [0.25, 0.3) is 17.5 Å². The van der Waals surface area contributed by atoms with E-state index in [1.54, 1.807) is 26.4 Å². The molecule has 7 heteroatoms. The summed E-state index contributed by atoms with van der Waals surface area (Å²) in [6.07, 6.45) is 3.06. The van der Waals surface area contributed by atoms with Crippen LogP contribution < -0.4 is 14.8 Å². The van der Waals surface area contributed by atoms with Gasteiger partial charge in [0.05, 0.1) is 20.8 Å². The highest BCUT2D eigenvalue weighted by atomic mass is 16.5. The molecule has 0 fully saturated rings. The molecule has 0 aliphatic rings. The fourth-order valence-corrected chi connectivity index (χ4v) is 2.46. The van der Waals surface area contributed by atoms with Crippen molar-refractivity contribution in [1.82, 2.24) is 15.5 Å². The minimum Gasteiger partial charge on any atom is -0.493 e. The first-order valence-corrected chi connectivity index (χ1v) is 8.26. The maximum absolute atomic E-state index is 12.1. The van der Waals surface area contributed by atoms with Crippen molar-refractivity contribution in [2.45, 2.75) is 6.54 Å². The summed E-state index contributed by atoms with van der Waals surface area (Å²) in [5, 5.41) is 6.62. The molecule has 7 nitrogen and oxygen atoms in total. The van der Waals surface area contributed by atoms with E-state index in [9.17, 15) is 4.79 Å². The Hall–Kier alpha value is -3.61. The molecule has 1 N–H and O–H groups in total. The van der Waals surface area contributed by atoms with Crippen molar-refractivity contribution < 1.29 is 18.8 Å². The summed E-state index contributed by atoms with van der Waals surface area (Å²) in [5.74, 6) is 1.68. The molecule has 3 rings (SSSR count). The average molecular weight is 365 g/mol. The average Bonchev–Trinajstić information content (AvgIpc) is 3.20. The Morgan fingerprint density at radius 3 is 2.67 bits per heavy atom. The quantitative estimate of drug-likeness (QED) is 0.648. The summed E-state index contributed by atoms with van der Waals surface area (Å²) in [6, 6.07) is 14.9. The lowest BCUT2D eigenvalue weighted by Crippen LogP contribution is -2.20. The van der Waals surface area contributed by atoms with E-state index in [2.05, 4.69) is 15.5 Å². The smallest absolute Gasteiger partial charge is 0.246 e. The molecular weight excluding hydrogens is 346 g/mol. The van der Waals surface area contributed by atoms with Gasteiger partial charge in [-0.25, -0.2) is 0 Å². The second-order valence-electron chi connectivity index (χ2n) is 5.51. The van der Waals surface area contributed by atoms with E-state index in [0.717, 1.165) is 11.1 Å². The monoisotopic (exact) mass is 365 g/mol. The van der Waals surface area contributed by atoms with Crippen molar-refractivity contribution in [2.24, 2.45) is 0 Å². The number of carbonyl (C=O) groups is 1. The van der Waals surface area contributed by atoms with Crippen LogP contribution in [0.2, 0.25) is 0 Å². The number of hydrogen-bond donors (Lipinski definition) is 1. The van der Waals surface area contributed by atoms with E-state index >= 15 is 0 Å². The Morgan fingerprint density at radius 2 is 1.93 bits per heavy atom. The zero-order valence-electron chi connectivity index (χ0n) is 15.0. The molecule has 0 aliphatic heterocycles. The first kappa shape index (κ1) is 18.2. The Kier molecular flexibility index (Phi) is 5.84. The number of para-hydroxylation sites is 1. The van der Waals surface area contributed by atoms with Gasteiger partial charge >= 0.3 is 0 Å². The van der Waals surface area contributed by atoms with Gasteiger partial charge in [-0.1, -0.05) is 47.6 Å². The van der Waals surface area contributed by atoms with E-state index in [1.165, 1.54) is 6.08 Å². The zero-order chi connectivity index (χ0) is 19.1. The molecule has 1 aromatic heterocycles. The molecule has 0 atom stereocenters. The molecule has 2 aromatic carbocycles. The first-order valence-electron chi connectivity index (χ1n) is 8.26. The summed E-state index contributed by atoms with van der Waals surface area (Å²) in [5.41, 5.74) is 1.58. The normalized spacial score (nSPS) is 10.7. The van der Waals surface area contributed by atoms with Crippen LogP contribution in [-0.4, -0.2) is 30.3 Å². The van der Waals surface area contributed by atoms with E-state index in [1.807, 2.05) is 42.5 Å². The summed E-state index contributed by atoms with van der Waals surface area (Å²) in [4.78, 5) is 16.3. The third-order valence-electron chi connectivity index (χ3n) is 3.76. The number of hydrogen-bond acceptors (Lipinski definition) is 6. The van der Waals surface area contributed by atoms with E-state index < -0.39 is 0 Å². The van der Waals surface area contributed by atoms with Crippen LogP contribution in [0.3, 0.4) is 0 Å². The van der Waals surface area contributed by atoms with Crippen LogP contribution in [0.1, 0.15) is 11.5 Å². The van der Waals surface area contributed by atoms with Crippen LogP contribution >= 0.6 is 0 Å². The van der Waals surface area contributed by atoms with Crippen LogP contribution in [0.4, 0.5) is 0 Å². The largest absolute Gasteiger partial charge is 0.493 e. The van der Waals surface area contributed by atoms with Crippen LogP contribution in [0.15, 0.2) is 59.1 Å². The van der Waals surface area contributed by atoms with Gasteiger partial charge in [0, 0.05) is 17.2 Å². The summed E-state index contributed by atoms with van der Waals surface area (Å²) in [6.45, 7) is 0.137. The van der Waals surface area contributed by atoms with Crippen molar-refractivity contribution in [3.63, 3.8) is 0 Å². The van der Waals surface area contributed by atoms with Crippen molar-refractivity contribution >= 4 is 12.0 Å². The van der Waals surface area contributed by atoms with Gasteiger partial charge in [0.1, 0.15) is 0 Å². The number of nitrogens with one attached hydrogen (secondary N) is 1. The first-order chi connectivity index (χ1) is 13.2. The molecule has 0 bridgehead atoms. The van der Waals surface area contributed by atoms with E-state index in [0.29, 0.717) is 23.2 Å². The van der Waals surface area contributed by atoms with Crippen molar-refractivity contribution in [1.29, 1.82) is 0 Å². The highest BCUT2D eigenvalue weighted by molar-refractivity contribution is 5.92. The Labute approximate surface area is 156 Å². The fraction of sp³-hybridized carbons (Fsp3) is 0.150. The number of nitrogens with zero attached hydrogens (tertiary/aromatic N) is 2. The summed E-state index contributed by atoms with van der Waals surface area (Å²) in [7, 11) is 3.11. The number of methoxy groups -OCH3 is 2. The van der Waals surface area contributed by atoms with Crippen LogP contribution in [-0.2, 0) is 11.3 Å². The molecule has 0 saturated carbocycles. The van der Waals surface area contributed by atoms with Gasteiger partial charge in [0.25, 0.3) is 0 Å². The van der Waals surface area contributed by atoms with Gasteiger partial charge in [-0.3, -0.25) is 4.79 Å². The summed E-state index contributed by atoms with van der Waals surface area (Å²) >= 11 is 0. The van der Waals surface area contributed by atoms with Gasteiger partial charge in [0.2, 0.25) is 17.6 Å². The molecule has 0 radical (unpaired) electrons. The molecule has 1 heterocycles. The predicted octanol–water partition coefficient (Wildman–Crippen LogP) is 3.08.